The summed E-state index contributed by atoms with van der Waals surface area (Å²) in [6.07, 6.45) is 0.831. The van der Waals surface area contributed by atoms with E-state index in [4.69, 9.17) is 23.9 Å². The summed E-state index contributed by atoms with van der Waals surface area (Å²) >= 11 is 2.27. The zero-order valence-electron chi connectivity index (χ0n) is 23.9. The van der Waals surface area contributed by atoms with E-state index in [-0.39, 0.29) is 12.1 Å². The first-order valence-corrected chi connectivity index (χ1v) is 15.6. The standard InChI is InChI=1S/C36H35IN2O4/c37-32-21-39-31(26-40-22-27-13-5-1-6-14-27)33(41-23-28-15-7-2-8-16-28)34(42-24-29-17-9-3-10-18-29)35(36(39)38-32)43-25-30-19-11-4-12-20-30/h1-21,31,33-35H,22-26H2/t31-,33-,34+,35+/m1/s1. The maximum atomic E-state index is 6.80. The Bertz CT molecular complexity index is 1530. The molecule has 0 amide bonds. The van der Waals surface area contributed by atoms with Crippen LogP contribution in [0.2, 0.25) is 0 Å². The van der Waals surface area contributed by atoms with Crippen molar-refractivity contribution in [1.82, 2.24) is 9.55 Å². The second-order valence-corrected chi connectivity index (χ2v) is 11.7. The first-order valence-electron chi connectivity index (χ1n) is 14.6. The molecule has 0 radical (unpaired) electrons. The number of nitrogens with zero attached hydrogens (tertiary/aromatic N) is 2. The first-order chi connectivity index (χ1) is 21.2. The Morgan fingerprint density at radius 1 is 0.558 bits per heavy atom. The van der Waals surface area contributed by atoms with Gasteiger partial charge in [0.2, 0.25) is 0 Å². The molecular weight excluding hydrogens is 651 g/mol. The molecule has 0 saturated heterocycles. The van der Waals surface area contributed by atoms with Crippen LogP contribution >= 0.6 is 22.6 Å². The number of halogens is 1. The van der Waals surface area contributed by atoms with Gasteiger partial charge in [0.15, 0.2) is 0 Å². The Morgan fingerprint density at radius 3 is 1.51 bits per heavy atom. The molecular formula is C36H35IN2O4. The highest BCUT2D eigenvalue weighted by molar-refractivity contribution is 14.1. The molecule has 0 aliphatic carbocycles. The Labute approximate surface area is 266 Å². The average molecular weight is 687 g/mol. The lowest BCUT2D eigenvalue weighted by Gasteiger charge is -2.42. The number of rotatable bonds is 13. The molecule has 1 aromatic heterocycles. The third kappa shape index (κ3) is 7.79. The van der Waals surface area contributed by atoms with Crippen molar-refractivity contribution in [1.29, 1.82) is 0 Å². The van der Waals surface area contributed by atoms with Crippen molar-refractivity contribution < 1.29 is 18.9 Å². The van der Waals surface area contributed by atoms with Crippen LogP contribution in [-0.4, -0.2) is 28.4 Å². The van der Waals surface area contributed by atoms with E-state index in [0.29, 0.717) is 33.0 Å². The first kappa shape index (κ1) is 29.7. The molecule has 0 bridgehead atoms. The van der Waals surface area contributed by atoms with Gasteiger partial charge < -0.3 is 23.5 Å². The minimum absolute atomic E-state index is 0.171. The van der Waals surface area contributed by atoms with Crippen LogP contribution in [0.3, 0.4) is 0 Å². The van der Waals surface area contributed by atoms with E-state index in [2.05, 4.69) is 81.9 Å². The number of imidazole rings is 1. The molecule has 0 N–H and O–H groups in total. The SMILES string of the molecule is Ic1cn2c(n1)[C@@H](OCc1ccccc1)[C@@H](OCc1ccccc1)[C@H](OCc1ccccc1)[C@H]2COCc1ccccc1. The molecule has 4 aromatic carbocycles. The molecule has 0 fully saturated rings. The lowest BCUT2D eigenvalue weighted by atomic mass is 9.95. The molecule has 0 spiro atoms. The van der Waals surface area contributed by atoms with Gasteiger partial charge in [0, 0.05) is 6.20 Å². The van der Waals surface area contributed by atoms with Crippen LogP contribution in [0.1, 0.15) is 40.2 Å². The lowest BCUT2D eigenvalue weighted by molar-refractivity contribution is -0.188. The van der Waals surface area contributed by atoms with Gasteiger partial charge >= 0.3 is 0 Å². The summed E-state index contributed by atoms with van der Waals surface area (Å²) in [5.41, 5.74) is 4.40. The molecule has 1 aliphatic rings. The molecule has 220 valence electrons. The predicted molar refractivity (Wildman–Crippen MR) is 174 cm³/mol. The highest BCUT2D eigenvalue weighted by atomic mass is 127. The second-order valence-electron chi connectivity index (χ2n) is 10.6. The predicted octanol–water partition coefficient (Wildman–Crippen LogP) is 7.69. The molecule has 0 unspecified atom stereocenters. The maximum Gasteiger partial charge on any atom is 0.144 e. The summed E-state index contributed by atoms with van der Waals surface area (Å²) < 4.78 is 29.7. The van der Waals surface area contributed by atoms with E-state index >= 15 is 0 Å². The number of hydrogen-bond acceptors (Lipinski definition) is 5. The second kappa shape index (κ2) is 14.9. The van der Waals surface area contributed by atoms with Crippen molar-refractivity contribution in [2.75, 3.05) is 6.61 Å². The molecule has 1 aliphatic heterocycles. The Hall–Kier alpha value is -3.34. The van der Waals surface area contributed by atoms with Gasteiger partial charge in [-0.05, 0) is 44.8 Å². The van der Waals surface area contributed by atoms with Gasteiger partial charge in [0.1, 0.15) is 27.8 Å². The highest BCUT2D eigenvalue weighted by Crippen LogP contribution is 2.40. The fraction of sp³-hybridized carbons (Fsp3) is 0.250. The lowest BCUT2D eigenvalue weighted by Crippen LogP contribution is -2.50. The molecule has 4 atom stereocenters. The smallest absolute Gasteiger partial charge is 0.144 e. The quantitative estimate of drug-likeness (QED) is 0.119. The summed E-state index contributed by atoms with van der Waals surface area (Å²) in [7, 11) is 0. The minimum Gasteiger partial charge on any atom is -0.375 e. The summed E-state index contributed by atoms with van der Waals surface area (Å²) in [5.74, 6) is 0.825. The fourth-order valence-corrected chi connectivity index (χ4v) is 5.99. The van der Waals surface area contributed by atoms with Crippen LogP contribution in [0.4, 0.5) is 0 Å². The van der Waals surface area contributed by atoms with E-state index in [1.54, 1.807) is 0 Å². The molecule has 5 aromatic rings. The largest absolute Gasteiger partial charge is 0.375 e. The Morgan fingerprint density at radius 2 is 1.00 bits per heavy atom. The summed E-state index contributed by atoms with van der Waals surface area (Å²) in [6, 6.07) is 40.7. The normalized spacial score (nSPS) is 19.7. The fourth-order valence-electron chi connectivity index (χ4n) is 5.45. The summed E-state index contributed by atoms with van der Waals surface area (Å²) in [5, 5.41) is 0. The van der Waals surface area contributed by atoms with Crippen LogP contribution in [0.5, 0.6) is 0 Å². The Kier molecular flexibility index (Phi) is 10.3. The van der Waals surface area contributed by atoms with Gasteiger partial charge in [-0.3, -0.25) is 0 Å². The van der Waals surface area contributed by atoms with Gasteiger partial charge in [-0.15, -0.1) is 0 Å². The number of hydrogen-bond donors (Lipinski definition) is 0. The third-order valence-electron chi connectivity index (χ3n) is 7.59. The average Bonchev–Trinajstić information content (AvgIpc) is 3.45. The summed E-state index contributed by atoms with van der Waals surface area (Å²) in [6.45, 7) is 2.24. The maximum absolute atomic E-state index is 6.80. The van der Waals surface area contributed by atoms with Crippen LogP contribution in [-0.2, 0) is 45.4 Å². The van der Waals surface area contributed by atoms with Crippen LogP contribution in [0.15, 0.2) is 128 Å². The Balaban J connectivity index is 1.33. The number of ether oxygens (including phenoxy) is 4. The van der Waals surface area contributed by atoms with Crippen LogP contribution in [0, 0.1) is 3.70 Å². The van der Waals surface area contributed by atoms with Crippen LogP contribution in [0.25, 0.3) is 0 Å². The van der Waals surface area contributed by atoms with Gasteiger partial charge in [-0.2, -0.15) is 0 Å². The molecule has 7 heteroatoms. The van der Waals surface area contributed by atoms with E-state index in [0.717, 1.165) is 31.8 Å². The van der Waals surface area contributed by atoms with Crippen molar-refractivity contribution >= 4 is 22.6 Å². The third-order valence-corrected chi connectivity index (χ3v) is 8.11. The van der Waals surface area contributed by atoms with Gasteiger partial charge in [0.25, 0.3) is 0 Å². The van der Waals surface area contributed by atoms with Crippen LogP contribution < -0.4 is 0 Å². The highest BCUT2D eigenvalue weighted by Gasteiger charge is 2.46. The van der Waals surface area contributed by atoms with Crippen molar-refractivity contribution in [3.8, 4) is 0 Å². The zero-order chi connectivity index (χ0) is 29.3. The molecule has 6 rings (SSSR count). The van der Waals surface area contributed by atoms with Crippen molar-refractivity contribution in [2.24, 2.45) is 0 Å². The molecule has 2 heterocycles. The van der Waals surface area contributed by atoms with E-state index in [9.17, 15) is 0 Å². The minimum atomic E-state index is -0.446. The topological polar surface area (TPSA) is 54.7 Å². The van der Waals surface area contributed by atoms with Gasteiger partial charge in [-0.25, -0.2) is 4.98 Å². The van der Waals surface area contributed by atoms with Gasteiger partial charge in [0.05, 0.1) is 39.1 Å². The van der Waals surface area contributed by atoms with Gasteiger partial charge in [-0.1, -0.05) is 121 Å². The number of fused-ring (bicyclic) bond motifs is 1. The zero-order valence-corrected chi connectivity index (χ0v) is 26.0. The summed E-state index contributed by atoms with van der Waals surface area (Å²) in [4.78, 5) is 4.95. The van der Waals surface area contributed by atoms with E-state index < -0.39 is 12.2 Å². The van der Waals surface area contributed by atoms with Crippen molar-refractivity contribution in [2.45, 2.75) is 50.8 Å². The molecule has 0 saturated carbocycles. The van der Waals surface area contributed by atoms with Crippen molar-refractivity contribution in [3.63, 3.8) is 0 Å². The molecule has 6 nitrogen and oxygen atoms in total. The monoisotopic (exact) mass is 686 g/mol. The number of benzene rings is 4. The molecule has 43 heavy (non-hydrogen) atoms. The van der Waals surface area contributed by atoms with E-state index in [1.807, 2.05) is 72.8 Å². The van der Waals surface area contributed by atoms with E-state index in [1.165, 1.54) is 0 Å². The number of aromatic nitrogens is 2. The van der Waals surface area contributed by atoms with Crippen molar-refractivity contribution in [3.05, 3.63) is 159 Å².